The quantitative estimate of drug-likeness (QED) is 0.867. The van der Waals surface area contributed by atoms with Gasteiger partial charge in [-0.3, -0.25) is 0 Å². The van der Waals surface area contributed by atoms with Crippen LogP contribution in [0.2, 0.25) is 0 Å². The zero-order valence-electron chi connectivity index (χ0n) is 11.2. The summed E-state index contributed by atoms with van der Waals surface area (Å²) in [6.45, 7) is 4.91. The fourth-order valence-electron chi connectivity index (χ4n) is 2.60. The van der Waals surface area contributed by atoms with Crippen LogP contribution in [0.4, 0.5) is 5.69 Å². The standard InChI is InChI=1S/C15H23NO/c1-15(2,17)10-9-13-7-4-6-12-8-5-11-16(3)14(12)13/h4,6-7,17H,5,8-11H2,1-3H3. The van der Waals surface area contributed by atoms with Crippen LogP contribution in [0, 0.1) is 0 Å². The Morgan fingerprint density at radius 1 is 1.35 bits per heavy atom. The summed E-state index contributed by atoms with van der Waals surface area (Å²) >= 11 is 0. The van der Waals surface area contributed by atoms with Crippen LogP contribution in [0.3, 0.4) is 0 Å². The third-order valence-electron chi connectivity index (χ3n) is 3.53. The Balaban J connectivity index is 2.23. The van der Waals surface area contributed by atoms with Gasteiger partial charge in [-0.25, -0.2) is 0 Å². The molecule has 1 aliphatic heterocycles. The van der Waals surface area contributed by atoms with Crippen LogP contribution in [0.15, 0.2) is 18.2 Å². The topological polar surface area (TPSA) is 23.5 Å². The molecule has 0 aromatic heterocycles. The Bertz CT molecular complexity index is 392. The second-order valence-electron chi connectivity index (χ2n) is 5.76. The normalized spacial score (nSPS) is 15.9. The van der Waals surface area contributed by atoms with Crippen molar-refractivity contribution >= 4 is 5.69 Å². The van der Waals surface area contributed by atoms with E-state index < -0.39 is 5.60 Å². The van der Waals surface area contributed by atoms with Crippen molar-refractivity contribution in [2.45, 2.75) is 45.1 Å². The summed E-state index contributed by atoms with van der Waals surface area (Å²) in [6.07, 6.45) is 4.21. The van der Waals surface area contributed by atoms with Crippen LogP contribution < -0.4 is 4.90 Å². The van der Waals surface area contributed by atoms with Gasteiger partial charge in [-0.15, -0.1) is 0 Å². The molecule has 0 radical (unpaired) electrons. The molecule has 0 saturated heterocycles. The molecule has 1 aromatic rings. The van der Waals surface area contributed by atoms with Gasteiger partial charge in [0.25, 0.3) is 0 Å². The summed E-state index contributed by atoms with van der Waals surface area (Å²) in [4.78, 5) is 2.36. The molecule has 0 aliphatic carbocycles. The molecule has 1 aliphatic rings. The molecule has 0 fully saturated rings. The lowest BCUT2D eigenvalue weighted by atomic mass is 9.93. The highest BCUT2D eigenvalue weighted by Crippen LogP contribution is 2.31. The van der Waals surface area contributed by atoms with E-state index in [0.29, 0.717) is 0 Å². The number of aliphatic hydroxyl groups is 1. The van der Waals surface area contributed by atoms with E-state index in [2.05, 4.69) is 30.1 Å². The van der Waals surface area contributed by atoms with Crippen LogP contribution in [0.1, 0.15) is 37.8 Å². The zero-order valence-corrected chi connectivity index (χ0v) is 11.2. The van der Waals surface area contributed by atoms with Crippen molar-refractivity contribution in [3.8, 4) is 0 Å². The van der Waals surface area contributed by atoms with E-state index in [1.54, 1.807) is 0 Å². The first-order chi connectivity index (χ1) is 7.97. The monoisotopic (exact) mass is 233 g/mol. The largest absolute Gasteiger partial charge is 0.390 e. The van der Waals surface area contributed by atoms with Gasteiger partial charge in [0.2, 0.25) is 0 Å². The first kappa shape index (κ1) is 12.4. The third-order valence-corrected chi connectivity index (χ3v) is 3.53. The summed E-state index contributed by atoms with van der Waals surface area (Å²) in [7, 11) is 2.17. The van der Waals surface area contributed by atoms with E-state index in [1.165, 1.54) is 29.7 Å². The van der Waals surface area contributed by atoms with Crippen molar-refractivity contribution in [3.63, 3.8) is 0 Å². The first-order valence-electron chi connectivity index (χ1n) is 6.52. The maximum absolute atomic E-state index is 9.84. The zero-order chi connectivity index (χ0) is 12.5. The van der Waals surface area contributed by atoms with Crippen molar-refractivity contribution in [2.75, 3.05) is 18.5 Å². The number of fused-ring (bicyclic) bond motifs is 1. The van der Waals surface area contributed by atoms with Crippen molar-refractivity contribution < 1.29 is 5.11 Å². The van der Waals surface area contributed by atoms with Crippen molar-refractivity contribution in [2.24, 2.45) is 0 Å². The number of aryl methyl sites for hydroxylation is 2. The molecule has 2 nitrogen and oxygen atoms in total. The number of anilines is 1. The summed E-state index contributed by atoms with van der Waals surface area (Å²) in [5, 5.41) is 9.84. The Kier molecular flexibility index (Phi) is 3.43. The Morgan fingerprint density at radius 2 is 2.12 bits per heavy atom. The minimum atomic E-state index is -0.573. The second kappa shape index (κ2) is 4.69. The average molecular weight is 233 g/mol. The van der Waals surface area contributed by atoms with Crippen molar-refractivity contribution in [1.82, 2.24) is 0 Å². The van der Waals surface area contributed by atoms with Gasteiger partial charge in [-0.05, 0) is 50.7 Å². The molecule has 17 heavy (non-hydrogen) atoms. The molecule has 94 valence electrons. The molecule has 0 spiro atoms. The molecule has 1 heterocycles. The lowest BCUT2D eigenvalue weighted by molar-refractivity contribution is 0.0714. The molecule has 1 N–H and O–H groups in total. The smallest absolute Gasteiger partial charge is 0.0595 e. The molecule has 0 saturated carbocycles. The molecular weight excluding hydrogens is 210 g/mol. The number of hydrogen-bond acceptors (Lipinski definition) is 2. The molecule has 0 bridgehead atoms. The fraction of sp³-hybridized carbons (Fsp3) is 0.600. The Morgan fingerprint density at radius 3 is 2.82 bits per heavy atom. The van der Waals surface area contributed by atoms with Gasteiger partial charge in [-0.1, -0.05) is 18.2 Å². The number of benzene rings is 1. The molecule has 0 amide bonds. The summed E-state index contributed by atoms with van der Waals surface area (Å²) in [6, 6.07) is 6.59. The second-order valence-corrected chi connectivity index (χ2v) is 5.76. The van der Waals surface area contributed by atoms with E-state index in [-0.39, 0.29) is 0 Å². The van der Waals surface area contributed by atoms with E-state index in [4.69, 9.17) is 0 Å². The highest BCUT2D eigenvalue weighted by atomic mass is 16.3. The van der Waals surface area contributed by atoms with Gasteiger partial charge in [0, 0.05) is 19.3 Å². The van der Waals surface area contributed by atoms with Gasteiger partial charge in [0.05, 0.1) is 5.60 Å². The van der Waals surface area contributed by atoms with Crippen LogP contribution in [0.25, 0.3) is 0 Å². The molecule has 0 atom stereocenters. The van der Waals surface area contributed by atoms with Gasteiger partial charge in [0.15, 0.2) is 0 Å². The lowest BCUT2D eigenvalue weighted by Gasteiger charge is -2.30. The number of nitrogens with zero attached hydrogens (tertiary/aromatic N) is 1. The molecule has 2 heteroatoms. The maximum Gasteiger partial charge on any atom is 0.0595 e. The Hall–Kier alpha value is -1.02. The number of rotatable bonds is 3. The van der Waals surface area contributed by atoms with Crippen LogP contribution in [-0.2, 0) is 12.8 Å². The highest BCUT2D eigenvalue weighted by molar-refractivity contribution is 5.60. The van der Waals surface area contributed by atoms with Gasteiger partial charge in [-0.2, -0.15) is 0 Å². The van der Waals surface area contributed by atoms with E-state index >= 15 is 0 Å². The highest BCUT2D eigenvalue weighted by Gasteiger charge is 2.19. The van der Waals surface area contributed by atoms with Crippen LogP contribution in [0.5, 0.6) is 0 Å². The number of para-hydroxylation sites is 1. The molecule has 1 aromatic carbocycles. The lowest BCUT2D eigenvalue weighted by Crippen LogP contribution is -2.27. The first-order valence-corrected chi connectivity index (χ1v) is 6.52. The fourth-order valence-corrected chi connectivity index (χ4v) is 2.60. The predicted octanol–water partition coefficient (Wildman–Crippen LogP) is 2.77. The Labute approximate surface area is 104 Å². The minimum absolute atomic E-state index is 0.573. The third kappa shape index (κ3) is 3.01. The van der Waals surface area contributed by atoms with E-state index in [9.17, 15) is 5.11 Å². The van der Waals surface area contributed by atoms with E-state index in [0.717, 1.165) is 19.4 Å². The molecule has 0 unspecified atom stereocenters. The average Bonchev–Trinajstić information content (AvgIpc) is 2.25. The van der Waals surface area contributed by atoms with Crippen molar-refractivity contribution in [3.05, 3.63) is 29.3 Å². The summed E-state index contributed by atoms with van der Waals surface area (Å²) in [5.41, 5.74) is 3.68. The predicted molar refractivity (Wildman–Crippen MR) is 72.7 cm³/mol. The SMILES string of the molecule is CN1CCCc2cccc(CCC(C)(C)O)c21. The number of hydrogen-bond donors (Lipinski definition) is 1. The van der Waals surface area contributed by atoms with Crippen LogP contribution in [-0.4, -0.2) is 24.3 Å². The van der Waals surface area contributed by atoms with Crippen molar-refractivity contribution in [1.29, 1.82) is 0 Å². The van der Waals surface area contributed by atoms with Gasteiger partial charge >= 0.3 is 0 Å². The summed E-state index contributed by atoms with van der Waals surface area (Å²) in [5.74, 6) is 0. The minimum Gasteiger partial charge on any atom is -0.390 e. The van der Waals surface area contributed by atoms with Crippen LogP contribution >= 0.6 is 0 Å². The molecule has 2 rings (SSSR count). The maximum atomic E-state index is 9.84. The summed E-state index contributed by atoms with van der Waals surface area (Å²) < 4.78 is 0. The van der Waals surface area contributed by atoms with Gasteiger partial charge < -0.3 is 10.0 Å². The van der Waals surface area contributed by atoms with Gasteiger partial charge in [0.1, 0.15) is 0 Å². The molecular formula is C15H23NO. The van der Waals surface area contributed by atoms with E-state index in [1.807, 2.05) is 13.8 Å².